The van der Waals surface area contributed by atoms with E-state index in [2.05, 4.69) is 0 Å². The number of carbonyl (C=O) groups excluding carboxylic acids is 1. The Balaban J connectivity index is 1.96. The fraction of sp³-hybridized carbons (Fsp3) is 0.188. The van der Waals surface area contributed by atoms with E-state index in [9.17, 15) is 9.18 Å². The molecule has 0 aliphatic carbocycles. The quantitative estimate of drug-likeness (QED) is 0.681. The summed E-state index contributed by atoms with van der Waals surface area (Å²) < 4.78 is 24.9. The van der Waals surface area contributed by atoms with E-state index in [-0.39, 0.29) is 11.3 Å². The fourth-order valence-corrected chi connectivity index (χ4v) is 2.18. The van der Waals surface area contributed by atoms with Crippen molar-refractivity contribution in [3.8, 4) is 11.5 Å². The number of benzene rings is 2. The maximum Gasteiger partial charge on any atom is 0.196 e. The maximum atomic E-state index is 13.8. The van der Waals surface area contributed by atoms with Gasteiger partial charge in [-0.05, 0) is 36.4 Å². The number of carbonyl (C=O) groups is 1. The van der Waals surface area contributed by atoms with Crippen molar-refractivity contribution < 1.29 is 18.7 Å². The first-order chi connectivity index (χ1) is 10.1. The molecule has 2 N–H and O–H groups in total. The zero-order valence-corrected chi connectivity index (χ0v) is 11.3. The van der Waals surface area contributed by atoms with Gasteiger partial charge in [0.15, 0.2) is 17.3 Å². The number of hydrogen-bond donors (Lipinski definition) is 1. The van der Waals surface area contributed by atoms with E-state index in [0.717, 1.165) is 12.5 Å². The van der Waals surface area contributed by atoms with Crippen molar-refractivity contribution in [3.05, 3.63) is 53.3 Å². The molecule has 0 aromatic heterocycles. The minimum absolute atomic E-state index is 0.0151. The lowest BCUT2D eigenvalue weighted by molar-refractivity contribution is 0.103. The van der Waals surface area contributed by atoms with Crippen LogP contribution in [-0.2, 0) is 0 Å². The smallest absolute Gasteiger partial charge is 0.196 e. The molecular weight excluding hydrogens is 273 g/mol. The average Bonchev–Trinajstić information content (AvgIpc) is 2.71. The number of rotatable bonds is 2. The summed E-state index contributed by atoms with van der Waals surface area (Å²) in [5.41, 5.74) is 6.10. The number of fused-ring (bicyclic) bond motifs is 1. The van der Waals surface area contributed by atoms with Crippen molar-refractivity contribution in [3.63, 3.8) is 0 Å². The Labute approximate surface area is 121 Å². The van der Waals surface area contributed by atoms with Crippen LogP contribution in [0.25, 0.3) is 0 Å². The lowest BCUT2D eigenvalue weighted by Gasteiger charge is -2.09. The van der Waals surface area contributed by atoms with Crippen molar-refractivity contribution in [2.24, 2.45) is 0 Å². The standard InChI is InChI=1S/C16H14FNO3/c17-13-9-11(18)3-4-12(13)16(19)10-2-5-14-15(8-10)21-7-1-6-20-14/h2-5,8-9H,1,6-7,18H2. The SMILES string of the molecule is Nc1ccc(C(=O)c2ccc3c(c2)OCCCO3)c(F)c1. The van der Waals surface area contributed by atoms with Gasteiger partial charge >= 0.3 is 0 Å². The largest absolute Gasteiger partial charge is 0.490 e. The zero-order chi connectivity index (χ0) is 14.8. The molecule has 1 heterocycles. The molecule has 0 saturated heterocycles. The molecule has 0 amide bonds. The lowest BCUT2D eigenvalue weighted by atomic mass is 10.0. The monoisotopic (exact) mass is 287 g/mol. The number of ketones is 1. The van der Waals surface area contributed by atoms with Gasteiger partial charge in [-0.1, -0.05) is 0 Å². The molecule has 21 heavy (non-hydrogen) atoms. The summed E-state index contributed by atoms with van der Waals surface area (Å²) in [6, 6.07) is 8.87. The Morgan fingerprint density at radius 2 is 1.81 bits per heavy atom. The number of ether oxygens (including phenoxy) is 2. The van der Waals surface area contributed by atoms with E-state index in [1.54, 1.807) is 18.2 Å². The molecular formula is C16H14FNO3. The number of hydrogen-bond acceptors (Lipinski definition) is 4. The van der Waals surface area contributed by atoms with Gasteiger partial charge in [0.2, 0.25) is 0 Å². The third-order valence-corrected chi connectivity index (χ3v) is 3.25. The van der Waals surface area contributed by atoms with E-state index in [4.69, 9.17) is 15.2 Å². The second kappa shape index (κ2) is 5.44. The first kappa shape index (κ1) is 13.4. The highest BCUT2D eigenvalue weighted by atomic mass is 19.1. The number of halogens is 1. The first-order valence-corrected chi connectivity index (χ1v) is 6.64. The van der Waals surface area contributed by atoms with Gasteiger partial charge in [-0.25, -0.2) is 4.39 Å². The Morgan fingerprint density at radius 3 is 2.57 bits per heavy atom. The molecule has 0 atom stereocenters. The van der Waals surface area contributed by atoms with Crippen LogP contribution in [0.2, 0.25) is 0 Å². The normalized spacial score (nSPS) is 13.6. The van der Waals surface area contributed by atoms with Gasteiger partial charge in [-0.3, -0.25) is 4.79 Å². The van der Waals surface area contributed by atoms with Crippen LogP contribution in [0.15, 0.2) is 36.4 Å². The first-order valence-electron chi connectivity index (χ1n) is 6.64. The Kier molecular flexibility index (Phi) is 3.48. The Bertz CT molecular complexity index is 700. The minimum atomic E-state index is -0.632. The van der Waals surface area contributed by atoms with Gasteiger partial charge in [0.25, 0.3) is 0 Å². The third-order valence-electron chi connectivity index (χ3n) is 3.25. The molecule has 0 spiro atoms. The highest BCUT2D eigenvalue weighted by Crippen LogP contribution is 2.31. The summed E-state index contributed by atoms with van der Waals surface area (Å²) in [6.07, 6.45) is 0.782. The Morgan fingerprint density at radius 1 is 1.05 bits per heavy atom. The van der Waals surface area contributed by atoms with Gasteiger partial charge in [0.1, 0.15) is 5.82 Å². The minimum Gasteiger partial charge on any atom is -0.490 e. The summed E-state index contributed by atoms with van der Waals surface area (Å²) in [5, 5.41) is 0. The maximum absolute atomic E-state index is 13.8. The van der Waals surface area contributed by atoms with Crippen LogP contribution >= 0.6 is 0 Å². The van der Waals surface area contributed by atoms with Gasteiger partial charge in [-0.2, -0.15) is 0 Å². The van der Waals surface area contributed by atoms with Crippen molar-refractivity contribution >= 4 is 11.5 Å². The molecule has 1 aliphatic rings. The third kappa shape index (κ3) is 2.67. The van der Waals surface area contributed by atoms with Crippen LogP contribution in [0.3, 0.4) is 0 Å². The number of nitrogens with two attached hydrogens (primary N) is 1. The molecule has 1 aliphatic heterocycles. The molecule has 108 valence electrons. The molecule has 0 saturated carbocycles. The Hall–Kier alpha value is -2.56. The highest BCUT2D eigenvalue weighted by molar-refractivity contribution is 6.09. The van der Waals surface area contributed by atoms with E-state index in [1.165, 1.54) is 12.1 Å². The van der Waals surface area contributed by atoms with Crippen LogP contribution in [-0.4, -0.2) is 19.0 Å². The van der Waals surface area contributed by atoms with E-state index < -0.39 is 11.6 Å². The van der Waals surface area contributed by atoms with Crippen molar-refractivity contribution in [2.75, 3.05) is 18.9 Å². The average molecular weight is 287 g/mol. The number of anilines is 1. The van der Waals surface area contributed by atoms with Crippen molar-refractivity contribution in [1.82, 2.24) is 0 Å². The van der Waals surface area contributed by atoms with Gasteiger partial charge in [0.05, 0.1) is 18.8 Å². The predicted molar refractivity (Wildman–Crippen MR) is 76.3 cm³/mol. The van der Waals surface area contributed by atoms with E-state index >= 15 is 0 Å². The van der Waals surface area contributed by atoms with Gasteiger partial charge in [-0.15, -0.1) is 0 Å². The number of nitrogen functional groups attached to an aromatic ring is 1. The summed E-state index contributed by atoms with van der Waals surface area (Å²) in [5.74, 6) is 0.0614. The molecule has 0 radical (unpaired) electrons. The molecule has 2 aromatic carbocycles. The van der Waals surface area contributed by atoms with Gasteiger partial charge < -0.3 is 15.2 Å². The van der Waals surface area contributed by atoms with Crippen LogP contribution in [0.4, 0.5) is 10.1 Å². The van der Waals surface area contributed by atoms with Crippen LogP contribution in [0.1, 0.15) is 22.3 Å². The zero-order valence-electron chi connectivity index (χ0n) is 11.3. The van der Waals surface area contributed by atoms with E-state index in [1.807, 2.05) is 0 Å². The molecule has 4 nitrogen and oxygen atoms in total. The predicted octanol–water partition coefficient (Wildman–Crippen LogP) is 2.80. The summed E-state index contributed by atoms with van der Waals surface area (Å²) in [7, 11) is 0. The second-order valence-corrected chi connectivity index (χ2v) is 4.78. The topological polar surface area (TPSA) is 61.6 Å². The van der Waals surface area contributed by atoms with Crippen molar-refractivity contribution in [2.45, 2.75) is 6.42 Å². The molecule has 3 rings (SSSR count). The molecule has 0 fully saturated rings. The summed E-state index contributed by atoms with van der Waals surface area (Å²) in [6.45, 7) is 1.10. The van der Waals surface area contributed by atoms with E-state index in [0.29, 0.717) is 30.3 Å². The highest BCUT2D eigenvalue weighted by Gasteiger charge is 2.18. The fourth-order valence-electron chi connectivity index (χ4n) is 2.18. The molecule has 2 aromatic rings. The van der Waals surface area contributed by atoms with Crippen molar-refractivity contribution in [1.29, 1.82) is 0 Å². The molecule has 0 bridgehead atoms. The van der Waals surface area contributed by atoms with Gasteiger partial charge in [0, 0.05) is 17.7 Å². The summed E-state index contributed by atoms with van der Waals surface area (Å²) in [4.78, 5) is 12.4. The van der Waals surface area contributed by atoms with Crippen LogP contribution in [0.5, 0.6) is 11.5 Å². The lowest BCUT2D eigenvalue weighted by Crippen LogP contribution is -2.05. The second-order valence-electron chi connectivity index (χ2n) is 4.78. The van der Waals surface area contributed by atoms with Crippen LogP contribution in [0, 0.1) is 5.82 Å². The van der Waals surface area contributed by atoms with Crippen LogP contribution < -0.4 is 15.2 Å². The summed E-state index contributed by atoms with van der Waals surface area (Å²) >= 11 is 0. The molecule has 0 unspecified atom stereocenters. The molecule has 5 heteroatoms.